The Labute approximate surface area is 457 Å². The van der Waals surface area contributed by atoms with Crippen LogP contribution in [0.1, 0.15) is 31.7 Å². The molecule has 1 aliphatic heterocycles. The Morgan fingerprint density at radius 3 is 1.66 bits per heavy atom. The van der Waals surface area contributed by atoms with E-state index in [1.807, 2.05) is 25.1 Å². The number of alkyl carbamates (subject to hydrolysis) is 1. The normalized spacial score (nSPS) is 12.4. The van der Waals surface area contributed by atoms with Gasteiger partial charge in [0, 0.05) is 42.4 Å². The van der Waals surface area contributed by atoms with E-state index in [0.717, 1.165) is 28.8 Å². The molecular weight excluding hydrogens is 1080 g/mol. The molecule has 4 rings (SSSR count). The number of ether oxygens (including phenoxy) is 12. The van der Waals surface area contributed by atoms with Crippen LogP contribution in [0.3, 0.4) is 0 Å². The maximum absolute atomic E-state index is 13.5. The molecular formula is C49H70Cl2N6O19S. The van der Waals surface area contributed by atoms with Crippen LogP contribution in [-0.2, 0) is 76.7 Å². The zero-order chi connectivity index (χ0) is 55.4. The van der Waals surface area contributed by atoms with Crippen LogP contribution in [0, 0.1) is 0 Å². The third kappa shape index (κ3) is 27.5. The number of hydrogen-bond acceptors (Lipinski definition) is 21. The number of hydrogen-bond donors (Lipinski definition) is 4. The van der Waals surface area contributed by atoms with Gasteiger partial charge in [-0.3, -0.25) is 24.1 Å². The van der Waals surface area contributed by atoms with Crippen molar-refractivity contribution in [2.75, 3.05) is 158 Å². The summed E-state index contributed by atoms with van der Waals surface area (Å²) in [5.41, 5.74) is 9.88. The number of amidine groups is 1. The molecule has 0 atom stereocenters. The van der Waals surface area contributed by atoms with E-state index in [1.165, 1.54) is 5.06 Å². The fourth-order valence-corrected chi connectivity index (χ4v) is 7.67. The number of H-pyrrole nitrogens is 1. The Kier molecular flexibility index (Phi) is 32.4. The number of rotatable bonds is 43. The third-order valence-electron chi connectivity index (χ3n) is 10.1. The van der Waals surface area contributed by atoms with Gasteiger partial charge in [0.05, 0.1) is 172 Å². The Balaban J connectivity index is 0.826. The molecule has 0 fully saturated rings. The summed E-state index contributed by atoms with van der Waals surface area (Å²) in [5, 5.41) is 10.2. The molecule has 2 amide bonds. The van der Waals surface area contributed by atoms with Crippen molar-refractivity contribution in [3.8, 4) is 16.9 Å². The second kappa shape index (κ2) is 38.6. The average Bonchev–Trinajstić information content (AvgIpc) is 3.90. The molecule has 0 saturated carbocycles. The number of nitrogens with one attached hydrogen (secondary N) is 2. The van der Waals surface area contributed by atoms with Crippen LogP contribution in [0.25, 0.3) is 17.2 Å². The summed E-state index contributed by atoms with van der Waals surface area (Å²) in [6.07, 6.45) is 5.33. The van der Waals surface area contributed by atoms with Gasteiger partial charge in [-0.25, -0.2) is 14.9 Å². The number of benzene rings is 2. The first-order valence-corrected chi connectivity index (χ1v) is 27.0. The zero-order valence-electron chi connectivity index (χ0n) is 43.1. The van der Waals surface area contributed by atoms with Gasteiger partial charge in [-0.15, -0.1) is 0 Å². The molecule has 3 aromatic rings. The highest BCUT2D eigenvalue weighted by Gasteiger charge is 2.23. The monoisotopic (exact) mass is 1150 g/mol. The molecule has 2 heterocycles. The van der Waals surface area contributed by atoms with E-state index in [9.17, 15) is 22.8 Å². The highest BCUT2D eigenvalue weighted by atomic mass is 35.5. The second-order valence-electron chi connectivity index (χ2n) is 16.1. The minimum Gasteiger partial charge on any atom is -0.447 e. The lowest BCUT2D eigenvalue weighted by atomic mass is 10.0. The zero-order valence-corrected chi connectivity index (χ0v) is 45.4. The third-order valence-corrected chi connectivity index (χ3v) is 11.5. The first kappa shape index (κ1) is 64.6. The smallest absolute Gasteiger partial charge is 0.407 e. The summed E-state index contributed by atoms with van der Waals surface area (Å²) in [7, 11) is -4.53. The van der Waals surface area contributed by atoms with Gasteiger partial charge in [0.15, 0.2) is 5.75 Å². The van der Waals surface area contributed by atoms with Crippen molar-refractivity contribution in [2.24, 2.45) is 10.7 Å². The molecule has 2 aromatic carbocycles. The molecule has 28 heteroatoms. The molecule has 0 bridgehead atoms. The number of aliphatic imine (C=N–C) groups is 1. The first-order valence-electron chi connectivity index (χ1n) is 24.8. The van der Waals surface area contributed by atoms with E-state index in [2.05, 4.69) is 20.5 Å². The minimum atomic E-state index is -4.53. The summed E-state index contributed by atoms with van der Waals surface area (Å²) in [6, 6.07) is 7.55. The number of nitrogens with zero attached hydrogens (tertiary/aromatic N) is 3. The largest absolute Gasteiger partial charge is 0.447 e. The standard InChI is InChI=1S/C49H70Cl2N6O19S/c1-2-7-57(48(59)39-30-38-4-3-37(40-35-54-55-36-40)31-44(38)56-45(52)32-39)75-9-6-53-49(60)74-29-28-73-27-26-72-25-24-71-23-22-70-21-20-69-19-18-68-17-16-67-15-14-66-13-12-65-11-10-64-8-5-46(58)76-47-42(50)33-41(34-43(47)51)77(61,62)63/h3-4,30-31,33-36H,2,5-29,32H2,1H3,(H2,52,56)(H,53,60)(H,54,55)(H,61,62,63). The van der Waals surface area contributed by atoms with Crippen LogP contribution in [0.5, 0.6) is 5.75 Å². The molecule has 5 N–H and O–H groups in total. The van der Waals surface area contributed by atoms with Crippen molar-refractivity contribution in [3.05, 3.63) is 63.9 Å². The topological polar surface area (TPSA) is 308 Å². The Morgan fingerprint density at radius 1 is 0.701 bits per heavy atom. The van der Waals surface area contributed by atoms with Crippen LogP contribution < -0.4 is 15.8 Å². The van der Waals surface area contributed by atoms with Gasteiger partial charge in [0.25, 0.3) is 16.0 Å². The van der Waals surface area contributed by atoms with Gasteiger partial charge in [0.1, 0.15) is 12.4 Å². The van der Waals surface area contributed by atoms with Gasteiger partial charge in [-0.05, 0) is 36.3 Å². The number of carbonyl (C=O) groups is 3. The van der Waals surface area contributed by atoms with Gasteiger partial charge >= 0.3 is 12.1 Å². The number of nitrogens with two attached hydrogens (primary N) is 1. The van der Waals surface area contributed by atoms with Gasteiger partial charge in [-0.2, -0.15) is 13.5 Å². The minimum absolute atomic E-state index is 0.0417. The number of aromatic nitrogens is 2. The lowest BCUT2D eigenvalue weighted by molar-refractivity contribution is -0.181. The SMILES string of the molecule is CCCN(OCCNC(=O)OCCOCCOCCOCCOCCOCCOCCOCCOCCOCCOCCC(=O)Oc1c(Cl)cc(S(=O)(=O)O)cc1Cl)C(=O)C1=Cc2ccc(-c3cn[nH]c3)cc2N=C(N)C1. The quantitative estimate of drug-likeness (QED) is 0.0200. The summed E-state index contributed by atoms with van der Waals surface area (Å²) >= 11 is 11.9. The fourth-order valence-electron chi connectivity index (χ4n) is 6.44. The Morgan fingerprint density at radius 2 is 1.19 bits per heavy atom. The number of hydroxylamine groups is 2. The number of amides is 2. The van der Waals surface area contributed by atoms with Crippen molar-refractivity contribution >= 4 is 68.9 Å². The molecule has 0 aliphatic carbocycles. The fraction of sp³-hybridized carbons (Fsp3) is 0.571. The molecule has 1 aromatic heterocycles. The van der Waals surface area contributed by atoms with Crippen molar-refractivity contribution < 1.29 is 89.0 Å². The number of halogens is 2. The summed E-state index contributed by atoms with van der Waals surface area (Å²) in [4.78, 5) is 47.5. The number of aromatic amines is 1. The number of carbonyl (C=O) groups excluding carboxylic acids is 3. The van der Waals surface area contributed by atoms with E-state index in [0.29, 0.717) is 136 Å². The van der Waals surface area contributed by atoms with E-state index >= 15 is 0 Å². The van der Waals surface area contributed by atoms with Crippen LogP contribution in [0.15, 0.2) is 58.2 Å². The lowest BCUT2D eigenvalue weighted by Crippen LogP contribution is -2.37. The summed E-state index contributed by atoms with van der Waals surface area (Å²) < 4.78 is 96.5. The van der Waals surface area contributed by atoms with Gasteiger partial charge < -0.3 is 67.9 Å². The van der Waals surface area contributed by atoms with E-state index in [1.54, 1.807) is 18.5 Å². The van der Waals surface area contributed by atoms with E-state index in [-0.39, 0.29) is 80.7 Å². The molecule has 77 heavy (non-hydrogen) atoms. The molecule has 430 valence electrons. The maximum atomic E-state index is 13.5. The lowest BCUT2D eigenvalue weighted by Gasteiger charge is -2.22. The van der Waals surface area contributed by atoms with Crippen LogP contribution in [-0.4, -0.2) is 210 Å². The van der Waals surface area contributed by atoms with Gasteiger partial charge in [0.2, 0.25) is 0 Å². The first-order chi connectivity index (χ1) is 37.3. The number of esters is 1. The highest BCUT2D eigenvalue weighted by Crippen LogP contribution is 2.36. The van der Waals surface area contributed by atoms with Crippen LogP contribution in [0.2, 0.25) is 10.0 Å². The Bertz CT molecular complexity index is 2340. The van der Waals surface area contributed by atoms with Crippen molar-refractivity contribution in [3.63, 3.8) is 0 Å². The second-order valence-corrected chi connectivity index (χ2v) is 18.3. The maximum Gasteiger partial charge on any atom is 0.407 e. The van der Waals surface area contributed by atoms with Crippen LogP contribution >= 0.6 is 23.2 Å². The van der Waals surface area contributed by atoms with E-state index < -0.39 is 27.1 Å². The van der Waals surface area contributed by atoms with Crippen molar-refractivity contribution in [2.45, 2.75) is 31.1 Å². The summed E-state index contributed by atoms with van der Waals surface area (Å²) in [6.45, 7) is 9.55. The Hall–Kier alpha value is -4.88. The summed E-state index contributed by atoms with van der Waals surface area (Å²) in [5.74, 6) is -0.954. The molecule has 0 radical (unpaired) electrons. The number of fused-ring (bicyclic) bond motifs is 1. The average molecular weight is 1150 g/mol. The van der Waals surface area contributed by atoms with Crippen molar-refractivity contribution in [1.29, 1.82) is 0 Å². The molecule has 1 aliphatic rings. The van der Waals surface area contributed by atoms with Crippen molar-refractivity contribution in [1.82, 2.24) is 20.6 Å². The predicted octanol–water partition coefficient (Wildman–Crippen LogP) is 4.46. The molecule has 0 saturated heterocycles. The molecule has 0 spiro atoms. The predicted molar refractivity (Wildman–Crippen MR) is 280 cm³/mol. The van der Waals surface area contributed by atoms with Gasteiger partial charge in [-0.1, -0.05) is 42.3 Å². The molecule has 25 nitrogen and oxygen atoms in total. The van der Waals surface area contributed by atoms with Crippen LogP contribution in [0.4, 0.5) is 10.5 Å². The van der Waals surface area contributed by atoms with E-state index in [4.69, 9.17) is 95.2 Å². The highest BCUT2D eigenvalue weighted by molar-refractivity contribution is 7.85. The molecule has 0 unspecified atom stereocenters.